The number of hydrogen-bond donors (Lipinski definition) is 0. The quantitative estimate of drug-likeness (QED) is 0.480. The lowest BCUT2D eigenvalue weighted by Gasteiger charge is -2.09. The third-order valence-electron chi connectivity index (χ3n) is 1.19. The lowest BCUT2D eigenvalue weighted by Crippen LogP contribution is -2.14. The minimum atomic E-state index is -3.54. The molecule has 4 nitrogen and oxygen atoms in total. The molecule has 0 amide bonds. The molecule has 14 heavy (non-hydrogen) atoms. The van der Waals surface area contributed by atoms with Crippen molar-refractivity contribution in [3.8, 4) is 5.75 Å². The topological polar surface area (TPSA) is 52.4 Å². The van der Waals surface area contributed by atoms with Crippen molar-refractivity contribution in [3.63, 3.8) is 0 Å². The first-order valence-corrected chi connectivity index (χ1v) is 4.09. The molecule has 1 radical (unpaired) electrons. The second-order valence-corrected chi connectivity index (χ2v) is 3.14. The number of nitro groups is 1. The van der Waals surface area contributed by atoms with Crippen LogP contribution >= 0.6 is 15.9 Å². The molecule has 0 aromatic heterocycles. The Labute approximate surface area is 85.8 Å². The van der Waals surface area contributed by atoms with Crippen molar-refractivity contribution in [1.29, 1.82) is 0 Å². The summed E-state index contributed by atoms with van der Waals surface area (Å²) in [6.07, 6.45) is 0. The predicted octanol–water partition coefficient (Wildman–Crippen LogP) is 2.72. The van der Waals surface area contributed by atoms with Crippen molar-refractivity contribution in [2.24, 2.45) is 0 Å². The van der Waals surface area contributed by atoms with E-state index in [4.69, 9.17) is 0 Å². The molecule has 0 aliphatic heterocycles. The second-order valence-electron chi connectivity index (χ2n) is 2.21. The number of nitro benzene ring substituents is 1. The molecule has 1 aromatic carbocycles. The van der Waals surface area contributed by atoms with E-state index in [0.29, 0.717) is 0 Å². The van der Waals surface area contributed by atoms with Crippen LogP contribution in [0, 0.1) is 16.2 Å². The summed E-state index contributed by atoms with van der Waals surface area (Å²) in [6.45, 7) is 0. The Balaban J connectivity index is 2.89. The van der Waals surface area contributed by atoms with Gasteiger partial charge in [-0.3, -0.25) is 10.1 Å². The Hall–Kier alpha value is -1.24. The molecule has 0 unspecified atom stereocenters. The molecule has 1 aromatic rings. The summed E-state index contributed by atoms with van der Waals surface area (Å²) in [7, 11) is 0. The number of benzene rings is 1. The molecule has 0 saturated heterocycles. The van der Waals surface area contributed by atoms with Crippen LogP contribution in [-0.2, 0) is 0 Å². The number of rotatable bonds is 3. The second kappa shape index (κ2) is 3.87. The predicted molar refractivity (Wildman–Crippen MR) is 46.4 cm³/mol. The molecule has 0 fully saturated rings. The Morgan fingerprint density at radius 2 is 2.29 bits per heavy atom. The van der Waals surface area contributed by atoms with Crippen LogP contribution in [0.5, 0.6) is 5.75 Å². The van der Waals surface area contributed by atoms with E-state index in [1.165, 1.54) is 0 Å². The van der Waals surface area contributed by atoms with Gasteiger partial charge in [-0.2, -0.15) is 8.78 Å². The molecule has 0 aliphatic rings. The van der Waals surface area contributed by atoms with E-state index < -0.39 is 15.6 Å². The van der Waals surface area contributed by atoms with Gasteiger partial charge in [0.25, 0.3) is 5.69 Å². The van der Waals surface area contributed by atoms with Crippen LogP contribution < -0.4 is 4.74 Å². The highest BCUT2D eigenvalue weighted by Crippen LogP contribution is 2.28. The Kier molecular flexibility index (Phi) is 3.00. The molecule has 7 heteroatoms. The summed E-state index contributed by atoms with van der Waals surface area (Å²) in [5.41, 5.74) is -0.431. The fourth-order valence-corrected chi connectivity index (χ4v) is 0.923. The Bertz CT molecular complexity index is 353. The molecule has 0 N–H and O–H groups in total. The molecular weight excluding hydrogens is 264 g/mol. The lowest BCUT2D eigenvalue weighted by molar-refractivity contribution is -0.385. The molecule has 0 aliphatic carbocycles. The normalized spacial score (nSPS) is 11.1. The summed E-state index contributed by atoms with van der Waals surface area (Å²) >= 11 is 1.94. The maximum absolute atomic E-state index is 12.3. The SMILES string of the molecule is O=[N+]([O-])c1[c]ccc(OC(F)(F)Br)c1. The van der Waals surface area contributed by atoms with Crippen molar-refractivity contribution in [2.75, 3.05) is 0 Å². The average Bonchev–Trinajstić information content (AvgIpc) is 2.01. The van der Waals surface area contributed by atoms with Crippen molar-refractivity contribution < 1.29 is 18.4 Å². The average molecular weight is 267 g/mol. The van der Waals surface area contributed by atoms with Gasteiger partial charge in [0.1, 0.15) is 5.75 Å². The van der Waals surface area contributed by atoms with Gasteiger partial charge in [0, 0.05) is 15.9 Å². The van der Waals surface area contributed by atoms with Crippen molar-refractivity contribution in [1.82, 2.24) is 0 Å². The van der Waals surface area contributed by atoms with Crippen molar-refractivity contribution in [3.05, 3.63) is 34.4 Å². The first kappa shape index (κ1) is 10.8. The highest BCUT2D eigenvalue weighted by Gasteiger charge is 2.27. The number of alkyl halides is 3. The molecule has 75 valence electrons. The van der Waals surface area contributed by atoms with E-state index >= 15 is 0 Å². The monoisotopic (exact) mass is 266 g/mol. The molecule has 0 spiro atoms. The van der Waals surface area contributed by atoms with Gasteiger partial charge in [0.2, 0.25) is 0 Å². The van der Waals surface area contributed by atoms with Gasteiger partial charge in [-0.15, -0.1) is 0 Å². The van der Waals surface area contributed by atoms with E-state index in [1.807, 2.05) is 15.9 Å². The van der Waals surface area contributed by atoms with Gasteiger partial charge in [0.05, 0.1) is 17.1 Å². The standard InChI is InChI=1S/C7H3BrF2NO3/c8-7(9,10)14-6-3-1-2-5(4-6)11(12)13/h1,3-4H. The number of ether oxygens (including phenoxy) is 1. The Morgan fingerprint density at radius 3 is 2.79 bits per heavy atom. The minimum absolute atomic E-state index is 0.308. The Morgan fingerprint density at radius 1 is 1.64 bits per heavy atom. The molecular formula is C7H3BrF2NO3. The maximum atomic E-state index is 12.3. The summed E-state index contributed by atoms with van der Waals surface area (Å²) in [6, 6.07) is 5.38. The van der Waals surface area contributed by atoms with Crippen molar-refractivity contribution >= 4 is 21.6 Å². The molecule has 1 rings (SSSR count). The smallest absolute Gasteiger partial charge is 0.424 e. The zero-order valence-corrected chi connectivity index (χ0v) is 8.12. The highest BCUT2D eigenvalue weighted by molar-refractivity contribution is 9.09. The first-order chi connectivity index (χ1) is 6.38. The minimum Gasteiger partial charge on any atom is -0.424 e. The number of halogens is 3. The number of hydrogen-bond acceptors (Lipinski definition) is 3. The third kappa shape index (κ3) is 3.25. The molecule has 0 atom stereocenters. The van der Waals surface area contributed by atoms with E-state index in [0.717, 1.165) is 18.2 Å². The van der Waals surface area contributed by atoms with Gasteiger partial charge in [-0.25, -0.2) is 0 Å². The lowest BCUT2D eigenvalue weighted by atomic mass is 10.3. The largest absolute Gasteiger partial charge is 0.459 e. The van der Waals surface area contributed by atoms with E-state index in [-0.39, 0.29) is 5.75 Å². The molecule has 0 bridgehead atoms. The maximum Gasteiger partial charge on any atom is 0.459 e. The van der Waals surface area contributed by atoms with Crippen LogP contribution in [0.3, 0.4) is 0 Å². The fraction of sp³-hybridized carbons (Fsp3) is 0.143. The summed E-state index contributed by atoms with van der Waals surface area (Å²) < 4.78 is 28.6. The van der Waals surface area contributed by atoms with Crippen LogP contribution in [0.2, 0.25) is 0 Å². The van der Waals surface area contributed by atoms with Crippen LogP contribution in [0.4, 0.5) is 14.5 Å². The summed E-state index contributed by atoms with van der Waals surface area (Å²) in [5.74, 6) is -0.308. The highest BCUT2D eigenvalue weighted by atomic mass is 79.9. The molecule has 0 heterocycles. The summed E-state index contributed by atoms with van der Waals surface area (Å²) in [5, 5.41) is 6.70. The van der Waals surface area contributed by atoms with E-state index in [1.54, 1.807) is 0 Å². The van der Waals surface area contributed by atoms with Crippen LogP contribution in [0.1, 0.15) is 0 Å². The van der Waals surface area contributed by atoms with Crippen molar-refractivity contribution in [2.45, 2.75) is 5.02 Å². The fourth-order valence-electron chi connectivity index (χ4n) is 0.736. The van der Waals surface area contributed by atoms with Gasteiger partial charge in [0.15, 0.2) is 0 Å². The molecule has 0 saturated carbocycles. The van der Waals surface area contributed by atoms with E-state index in [2.05, 4.69) is 10.8 Å². The number of nitrogens with zero attached hydrogens (tertiary/aromatic N) is 1. The zero-order chi connectivity index (χ0) is 10.8. The van der Waals surface area contributed by atoms with Crippen LogP contribution in [-0.4, -0.2) is 9.94 Å². The summed E-state index contributed by atoms with van der Waals surface area (Å²) in [4.78, 5) is 9.49. The van der Waals surface area contributed by atoms with Gasteiger partial charge in [-0.1, -0.05) is 0 Å². The number of non-ortho nitro benzene ring substituents is 1. The third-order valence-corrected chi connectivity index (χ3v) is 1.35. The first-order valence-electron chi connectivity index (χ1n) is 3.30. The van der Waals surface area contributed by atoms with Crippen LogP contribution in [0.25, 0.3) is 0 Å². The zero-order valence-electron chi connectivity index (χ0n) is 6.54. The van der Waals surface area contributed by atoms with Crippen LogP contribution in [0.15, 0.2) is 18.2 Å². The van der Waals surface area contributed by atoms with Gasteiger partial charge >= 0.3 is 5.02 Å². The van der Waals surface area contributed by atoms with Gasteiger partial charge in [-0.05, 0) is 12.1 Å². The van der Waals surface area contributed by atoms with Gasteiger partial charge < -0.3 is 4.74 Å². The van der Waals surface area contributed by atoms with E-state index in [9.17, 15) is 18.9 Å².